The predicted molar refractivity (Wildman–Crippen MR) is 114 cm³/mol. The Kier molecular flexibility index (Phi) is 5.52. The van der Waals surface area contributed by atoms with Gasteiger partial charge in [-0.05, 0) is 45.7 Å². The lowest BCUT2D eigenvalue weighted by atomic mass is 10.1. The van der Waals surface area contributed by atoms with Crippen molar-refractivity contribution in [1.82, 2.24) is 19.8 Å². The molecular formula is C19H21Cl2N5O2S. The summed E-state index contributed by atoms with van der Waals surface area (Å²) in [5.41, 5.74) is 1.08. The van der Waals surface area contributed by atoms with E-state index in [0.717, 1.165) is 24.1 Å². The van der Waals surface area contributed by atoms with Crippen molar-refractivity contribution >= 4 is 46.8 Å². The average molecular weight is 454 g/mol. The van der Waals surface area contributed by atoms with E-state index in [4.69, 9.17) is 33.0 Å². The molecule has 0 N–H and O–H groups in total. The van der Waals surface area contributed by atoms with E-state index in [0.29, 0.717) is 33.3 Å². The molecule has 1 unspecified atom stereocenters. The number of hydrogen-bond acceptors (Lipinski definition) is 6. The largest absolute Gasteiger partial charge is 0.444 e. The lowest BCUT2D eigenvalue weighted by Crippen LogP contribution is -2.37. The van der Waals surface area contributed by atoms with Gasteiger partial charge in [-0.15, -0.1) is 10.2 Å². The standard InChI is InChI=1S/C19H21Cl2N5O2S/c1-19(2,3)28-18(27)25-8-4-5-15(25)16-22-23-17-26(16)24-14(10-29-17)12-7-6-11(20)9-13(12)21/h6-7,9,15H,4-5,8,10H2,1-3H3. The molecule has 1 saturated heterocycles. The Hall–Kier alpha value is -1.77. The molecule has 2 aliphatic rings. The zero-order valence-corrected chi connectivity index (χ0v) is 18.7. The van der Waals surface area contributed by atoms with Crippen molar-refractivity contribution in [2.75, 3.05) is 12.3 Å². The lowest BCUT2D eigenvalue weighted by molar-refractivity contribution is 0.0215. The number of carbonyl (C=O) groups excluding carboxylic acids is 1. The van der Waals surface area contributed by atoms with Crippen LogP contribution < -0.4 is 0 Å². The SMILES string of the molecule is CC(C)(C)OC(=O)N1CCCC1c1nnc2n1N=C(c1ccc(Cl)cc1Cl)CS2. The fourth-order valence-electron chi connectivity index (χ4n) is 3.38. The minimum absolute atomic E-state index is 0.226. The quantitative estimate of drug-likeness (QED) is 0.638. The zero-order chi connectivity index (χ0) is 20.8. The summed E-state index contributed by atoms with van der Waals surface area (Å²) in [4.78, 5) is 14.4. The Morgan fingerprint density at radius 2 is 2.07 bits per heavy atom. The van der Waals surface area contributed by atoms with Gasteiger partial charge in [-0.3, -0.25) is 4.90 Å². The average Bonchev–Trinajstić information content (AvgIpc) is 3.26. The lowest BCUT2D eigenvalue weighted by Gasteiger charge is -2.28. The first-order chi connectivity index (χ1) is 13.7. The van der Waals surface area contributed by atoms with Crippen molar-refractivity contribution in [2.45, 2.75) is 50.4 Å². The van der Waals surface area contributed by atoms with Crippen LogP contribution in [-0.4, -0.2) is 49.5 Å². The first-order valence-corrected chi connectivity index (χ1v) is 11.1. The molecule has 2 aromatic rings. The number of amides is 1. The summed E-state index contributed by atoms with van der Waals surface area (Å²) in [7, 11) is 0. The second kappa shape index (κ2) is 7.81. The van der Waals surface area contributed by atoms with Gasteiger partial charge in [-0.1, -0.05) is 41.0 Å². The second-order valence-corrected chi connectivity index (χ2v) is 9.73. The molecule has 0 radical (unpaired) electrons. The molecule has 3 heterocycles. The van der Waals surface area contributed by atoms with Crippen LogP contribution in [0.15, 0.2) is 28.5 Å². The van der Waals surface area contributed by atoms with Crippen LogP contribution in [-0.2, 0) is 4.74 Å². The fourth-order valence-corrected chi connectivity index (χ4v) is 4.73. The van der Waals surface area contributed by atoms with Crippen molar-refractivity contribution < 1.29 is 9.53 Å². The second-order valence-electron chi connectivity index (χ2n) is 7.94. The number of carbonyl (C=O) groups is 1. The third kappa shape index (κ3) is 4.25. The monoisotopic (exact) mass is 453 g/mol. The molecule has 7 nitrogen and oxygen atoms in total. The van der Waals surface area contributed by atoms with Gasteiger partial charge in [-0.2, -0.15) is 9.78 Å². The van der Waals surface area contributed by atoms with E-state index in [9.17, 15) is 4.79 Å². The van der Waals surface area contributed by atoms with Gasteiger partial charge in [0, 0.05) is 22.9 Å². The highest BCUT2D eigenvalue weighted by Crippen LogP contribution is 2.35. The van der Waals surface area contributed by atoms with Crippen LogP contribution in [0.2, 0.25) is 10.0 Å². The van der Waals surface area contributed by atoms with Crippen LogP contribution in [0.4, 0.5) is 4.79 Å². The Bertz CT molecular complexity index is 985. The van der Waals surface area contributed by atoms with Gasteiger partial charge >= 0.3 is 6.09 Å². The number of thioether (sulfide) groups is 1. The number of halogens is 2. The summed E-state index contributed by atoms with van der Waals surface area (Å²) in [5, 5.41) is 15.2. The molecule has 0 saturated carbocycles. The number of nitrogens with zero attached hydrogens (tertiary/aromatic N) is 5. The van der Waals surface area contributed by atoms with Crippen LogP contribution >= 0.6 is 35.0 Å². The molecule has 1 amide bonds. The summed E-state index contributed by atoms with van der Waals surface area (Å²) in [5.74, 6) is 1.26. The molecular weight excluding hydrogens is 433 g/mol. The smallest absolute Gasteiger partial charge is 0.410 e. The number of likely N-dealkylation sites (tertiary alicyclic amines) is 1. The van der Waals surface area contributed by atoms with Crippen molar-refractivity contribution in [3.05, 3.63) is 39.6 Å². The van der Waals surface area contributed by atoms with Crippen molar-refractivity contribution in [1.29, 1.82) is 0 Å². The van der Waals surface area contributed by atoms with Crippen LogP contribution in [0.25, 0.3) is 0 Å². The normalized spacial score (nSPS) is 19.1. The predicted octanol–water partition coefficient (Wildman–Crippen LogP) is 5.02. The summed E-state index contributed by atoms with van der Waals surface area (Å²) in [6.07, 6.45) is 1.32. The van der Waals surface area contributed by atoms with E-state index in [1.165, 1.54) is 11.8 Å². The Morgan fingerprint density at radius 1 is 1.28 bits per heavy atom. The highest BCUT2D eigenvalue weighted by Gasteiger charge is 2.37. The summed E-state index contributed by atoms with van der Waals surface area (Å²) < 4.78 is 7.29. The maximum absolute atomic E-state index is 12.7. The molecule has 29 heavy (non-hydrogen) atoms. The van der Waals surface area contributed by atoms with E-state index in [1.54, 1.807) is 21.7 Å². The minimum Gasteiger partial charge on any atom is -0.444 e. The molecule has 10 heteroatoms. The fraction of sp³-hybridized carbons (Fsp3) is 0.474. The van der Waals surface area contributed by atoms with E-state index in [-0.39, 0.29) is 12.1 Å². The molecule has 1 aromatic heterocycles. The molecule has 1 fully saturated rings. The Morgan fingerprint density at radius 3 is 2.79 bits per heavy atom. The van der Waals surface area contributed by atoms with E-state index in [1.807, 2.05) is 26.8 Å². The Labute approximate surface area is 183 Å². The van der Waals surface area contributed by atoms with E-state index >= 15 is 0 Å². The summed E-state index contributed by atoms with van der Waals surface area (Å²) in [6, 6.07) is 5.13. The van der Waals surface area contributed by atoms with Crippen LogP contribution in [0, 0.1) is 0 Å². The van der Waals surface area contributed by atoms with E-state index in [2.05, 4.69) is 10.2 Å². The highest BCUT2D eigenvalue weighted by atomic mass is 35.5. The van der Waals surface area contributed by atoms with Gasteiger partial charge in [0.05, 0.1) is 16.8 Å². The minimum atomic E-state index is -0.555. The number of fused-ring (bicyclic) bond motifs is 1. The molecule has 154 valence electrons. The Balaban J connectivity index is 1.66. The number of rotatable bonds is 2. The third-order valence-corrected chi connectivity index (χ3v) is 6.09. The highest BCUT2D eigenvalue weighted by molar-refractivity contribution is 7.99. The van der Waals surface area contributed by atoms with Crippen LogP contribution in [0.1, 0.15) is 51.0 Å². The first kappa shape index (κ1) is 20.5. The molecule has 4 rings (SSSR count). The molecule has 1 aromatic carbocycles. The third-order valence-electron chi connectivity index (χ3n) is 4.62. The van der Waals surface area contributed by atoms with Gasteiger partial charge in [-0.25, -0.2) is 4.79 Å². The molecule has 0 spiro atoms. The van der Waals surface area contributed by atoms with Crippen molar-refractivity contribution in [3.8, 4) is 0 Å². The van der Waals surface area contributed by atoms with Gasteiger partial charge < -0.3 is 4.74 Å². The topological polar surface area (TPSA) is 72.6 Å². The summed E-state index contributed by atoms with van der Waals surface area (Å²) >= 11 is 13.9. The number of hydrogen-bond donors (Lipinski definition) is 0. The van der Waals surface area contributed by atoms with Gasteiger partial charge in [0.25, 0.3) is 0 Å². The maximum atomic E-state index is 12.7. The van der Waals surface area contributed by atoms with Gasteiger partial charge in [0.15, 0.2) is 5.82 Å². The maximum Gasteiger partial charge on any atom is 0.410 e. The van der Waals surface area contributed by atoms with Crippen molar-refractivity contribution in [3.63, 3.8) is 0 Å². The van der Waals surface area contributed by atoms with Gasteiger partial charge in [0.1, 0.15) is 5.60 Å². The molecule has 0 aliphatic carbocycles. The molecule has 1 atom stereocenters. The first-order valence-electron chi connectivity index (χ1n) is 9.34. The van der Waals surface area contributed by atoms with Gasteiger partial charge in [0.2, 0.25) is 5.16 Å². The van der Waals surface area contributed by atoms with E-state index < -0.39 is 5.60 Å². The number of aromatic nitrogens is 3. The van der Waals surface area contributed by atoms with Crippen molar-refractivity contribution in [2.24, 2.45) is 5.10 Å². The zero-order valence-electron chi connectivity index (χ0n) is 16.4. The summed E-state index contributed by atoms with van der Waals surface area (Å²) in [6.45, 7) is 6.20. The molecule has 2 aliphatic heterocycles. The molecule has 0 bridgehead atoms. The van der Waals surface area contributed by atoms with Crippen LogP contribution in [0.5, 0.6) is 0 Å². The van der Waals surface area contributed by atoms with Crippen LogP contribution in [0.3, 0.4) is 0 Å². The number of ether oxygens (including phenoxy) is 1. The number of benzene rings is 1.